The van der Waals surface area contributed by atoms with E-state index in [1.807, 2.05) is 19.1 Å². The van der Waals surface area contributed by atoms with Crippen LogP contribution in [0.4, 0.5) is 0 Å². The van der Waals surface area contributed by atoms with E-state index in [0.29, 0.717) is 10.8 Å². The minimum Gasteiger partial charge on any atom is -0.207 e. The smallest absolute Gasteiger partial charge is 0.207 e. The van der Waals surface area contributed by atoms with E-state index in [-0.39, 0.29) is 6.04 Å². The van der Waals surface area contributed by atoms with Crippen LogP contribution in [0.5, 0.6) is 0 Å². The maximum atomic E-state index is 12.7. The fraction of sp³-hybridized carbons (Fsp3) is 0.600. The average molecular weight is 281 g/mol. The number of rotatable bonds is 3. The molecule has 2 unspecified atom stereocenters. The molecule has 0 amide bonds. The summed E-state index contributed by atoms with van der Waals surface area (Å²) in [6, 6.07) is 7.35. The summed E-state index contributed by atoms with van der Waals surface area (Å²) in [4.78, 5) is 0.440. The van der Waals surface area contributed by atoms with Crippen LogP contribution < -0.4 is 0 Å². The third-order valence-corrected chi connectivity index (χ3v) is 6.33. The lowest BCUT2D eigenvalue weighted by atomic mass is 9.86. The lowest BCUT2D eigenvalue weighted by molar-refractivity contribution is 0.213. The second-order valence-corrected chi connectivity index (χ2v) is 7.58. The monoisotopic (exact) mass is 281 g/mol. The number of benzene rings is 1. The molecule has 1 saturated carbocycles. The van der Waals surface area contributed by atoms with Crippen LogP contribution in [0.15, 0.2) is 29.2 Å². The summed E-state index contributed by atoms with van der Waals surface area (Å²) in [5.41, 5.74) is 0.817. The molecule has 1 aromatic carbocycles. The van der Waals surface area contributed by atoms with E-state index in [2.05, 4.69) is 6.92 Å². The van der Waals surface area contributed by atoms with Crippen molar-refractivity contribution in [1.29, 1.82) is 0 Å². The van der Waals surface area contributed by atoms with Crippen LogP contribution in [0, 0.1) is 12.8 Å². The highest BCUT2D eigenvalue weighted by molar-refractivity contribution is 7.89. The molecule has 0 bridgehead atoms. The van der Waals surface area contributed by atoms with E-state index >= 15 is 0 Å². The minimum atomic E-state index is -3.37. The fourth-order valence-electron chi connectivity index (χ4n) is 3.02. The molecule has 2 rings (SSSR count). The Bertz CT molecular complexity index is 539. The largest absolute Gasteiger partial charge is 0.243 e. The predicted molar refractivity (Wildman–Crippen MR) is 77.5 cm³/mol. The van der Waals surface area contributed by atoms with Crippen LogP contribution >= 0.6 is 0 Å². The van der Waals surface area contributed by atoms with Gasteiger partial charge in [-0.05, 0) is 37.3 Å². The molecule has 1 aliphatic carbocycles. The standard InChI is InChI=1S/C15H23NO2S/c1-12-8-4-6-10-14(12)16(3)19(17,18)15-11-7-5-9-13(15)2/h5,7,9,11-12,14H,4,6,8,10H2,1-3H3. The molecule has 2 atom stereocenters. The van der Waals surface area contributed by atoms with Gasteiger partial charge in [-0.15, -0.1) is 0 Å². The van der Waals surface area contributed by atoms with Crippen LogP contribution in [-0.2, 0) is 10.0 Å². The Morgan fingerprint density at radius 2 is 1.79 bits per heavy atom. The van der Waals surface area contributed by atoms with Crippen molar-refractivity contribution in [3.05, 3.63) is 29.8 Å². The molecule has 106 valence electrons. The molecule has 0 aromatic heterocycles. The van der Waals surface area contributed by atoms with Crippen molar-refractivity contribution in [3.8, 4) is 0 Å². The molecular weight excluding hydrogens is 258 g/mol. The number of nitrogens with zero attached hydrogens (tertiary/aromatic N) is 1. The van der Waals surface area contributed by atoms with Gasteiger partial charge in [0.2, 0.25) is 10.0 Å². The van der Waals surface area contributed by atoms with Gasteiger partial charge in [0.1, 0.15) is 0 Å². The quantitative estimate of drug-likeness (QED) is 0.853. The van der Waals surface area contributed by atoms with Gasteiger partial charge in [-0.3, -0.25) is 0 Å². The normalized spacial score (nSPS) is 24.6. The molecular formula is C15H23NO2S. The lowest BCUT2D eigenvalue weighted by Gasteiger charge is -2.35. The molecule has 0 heterocycles. The molecule has 1 aromatic rings. The molecule has 0 N–H and O–H groups in total. The second kappa shape index (κ2) is 5.63. The van der Waals surface area contributed by atoms with Gasteiger partial charge in [-0.2, -0.15) is 4.31 Å². The van der Waals surface area contributed by atoms with Gasteiger partial charge in [0.05, 0.1) is 4.90 Å². The van der Waals surface area contributed by atoms with Gasteiger partial charge in [-0.25, -0.2) is 8.42 Å². The van der Waals surface area contributed by atoms with Gasteiger partial charge in [0.15, 0.2) is 0 Å². The summed E-state index contributed by atoms with van der Waals surface area (Å²) in [5.74, 6) is 0.442. The first-order valence-corrected chi connectivity index (χ1v) is 8.42. The average Bonchev–Trinajstić information content (AvgIpc) is 2.39. The molecule has 3 nitrogen and oxygen atoms in total. The van der Waals surface area contributed by atoms with Crippen molar-refractivity contribution < 1.29 is 8.42 Å². The molecule has 19 heavy (non-hydrogen) atoms. The van der Waals surface area contributed by atoms with Crippen molar-refractivity contribution in [2.75, 3.05) is 7.05 Å². The number of sulfonamides is 1. The first-order chi connectivity index (χ1) is 8.94. The van der Waals surface area contributed by atoms with Gasteiger partial charge < -0.3 is 0 Å². The zero-order valence-electron chi connectivity index (χ0n) is 12.0. The topological polar surface area (TPSA) is 37.4 Å². The van der Waals surface area contributed by atoms with Crippen LogP contribution in [0.3, 0.4) is 0 Å². The van der Waals surface area contributed by atoms with E-state index in [9.17, 15) is 8.42 Å². The molecule has 4 heteroatoms. The Morgan fingerprint density at radius 3 is 2.42 bits per heavy atom. The van der Waals surface area contributed by atoms with Gasteiger partial charge in [-0.1, -0.05) is 38.0 Å². The fourth-order valence-corrected chi connectivity index (χ4v) is 4.72. The highest BCUT2D eigenvalue weighted by atomic mass is 32.2. The summed E-state index contributed by atoms with van der Waals surface area (Å²) in [7, 11) is -1.64. The summed E-state index contributed by atoms with van der Waals surface area (Å²) in [6.07, 6.45) is 4.44. The third kappa shape index (κ3) is 2.84. The first-order valence-electron chi connectivity index (χ1n) is 6.98. The maximum absolute atomic E-state index is 12.7. The summed E-state index contributed by atoms with van der Waals surface area (Å²) < 4.78 is 27.0. The molecule has 0 spiro atoms. The summed E-state index contributed by atoms with van der Waals surface area (Å²) in [5, 5.41) is 0. The Hall–Kier alpha value is -0.870. The van der Waals surface area contributed by atoms with Crippen LogP contribution in [-0.4, -0.2) is 25.8 Å². The lowest BCUT2D eigenvalue weighted by Crippen LogP contribution is -2.42. The van der Waals surface area contributed by atoms with Crippen LogP contribution in [0.2, 0.25) is 0 Å². The minimum absolute atomic E-state index is 0.137. The molecule has 0 radical (unpaired) electrons. The van der Waals surface area contributed by atoms with Crippen molar-refractivity contribution in [2.24, 2.45) is 5.92 Å². The Labute approximate surface area is 116 Å². The first kappa shape index (κ1) is 14.5. The van der Waals surface area contributed by atoms with Crippen molar-refractivity contribution in [2.45, 2.75) is 50.5 Å². The van der Waals surface area contributed by atoms with Crippen molar-refractivity contribution in [3.63, 3.8) is 0 Å². The highest BCUT2D eigenvalue weighted by Gasteiger charge is 2.33. The zero-order valence-corrected chi connectivity index (χ0v) is 12.8. The van der Waals surface area contributed by atoms with Crippen molar-refractivity contribution in [1.82, 2.24) is 4.31 Å². The molecule has 1 fully saturated rings. The SMILES string of the molecule is Cc1ccccc1S(=O)(=O)N(C)C1CCCCC1C. The zero-order chi connectivity index (χ0) is 14.0. The van der Waals surface area contributed by atoms with E-state index in [1.165, 1.54) is 6.42 Å². The number of hydrogen-bond acceptors (Lipinski definition) is 2. The number of aryl methyl sites for hydroxylation is 1. The van der Waals surface area contributed by atoms with E-state index in [1.54, 1.807) is 23.5 Å². The Balaban J connectivity index is 2.31. The van der Waals surface area contributed by atoms with Gasteiger partial charge in [0.25, 0.3) is 0 Å². The van der Waals surface area contributed by atoms with E-state index < -0.39 is 10.0 Å². The summed E-state index contributed by atoms with van der Waals surface area (Å²) >= 11 is 0. The number of hydrogen-bond donors (Lipinski definition) is 0. The predicted octanol–water partition coefficient (Wildman–Crippen LogP) is 3.19. The molecule has 1 aliphatic rings. The van der Waals surface area contributed by atoms with Crippen LogP contribution in [0.1, 0.15) is 38.2 Å². The highest BCUT2D eigenvalue weighted by Crippen LogP contribution is 2.31. The Kier molecular flexibility index (Phi) is 4.31. The van der Waals surface area contributed by atoms with Crippen molar-refractivity contribution >= 4 is 10.0 Å². The summed E-state index contributed by atoms with van der Waals surface area (Å²) in [6.45, 7) is 4.01. The Morgan fingerprint density at radius 1 is 1.16 bits per heavy atom. The van der Waals surface area contributed by atoms with E-state index in [4.69, 9.17) is 0 Å². The third-order valence-electron chi connectivity index (χ3n) is 4.28. The van der Waals surface area contributed by atoms with Gasteiger partial charge >= 0.3 is 0 Å². The molecule has 0 saturated heterocycles. The van der Waals surface area contributed by atoms with Crippen LogP contribution in [0.25, 0.3) is 0 Å². The maximum Gasteiger partial charge on any atom is 0.243 e. The second-order valence-electron chi connectivity index (χ2n) is 5.62. The van der Waals surface area contributed by atoms with Gasteiger partial charge in [0, 0.05) is 13.1 Å². The van der Waals surface area contributed by atoms with E-state index in [0.717, 1.165) is 24.8 Å². The molecule has 0 aliphatic heterocycles.